The molecule has 2 rings (SSSR count). The molecule has 0 aromatic rings. The second-order valence-electron chi connectivity index (χ2n) is 3.51. The highest BCUT2D eigenvalue weighted by Gasteiger charge is 2.28. The Labute approximate surface area is 83.1 Å². The average Bonchev–Trinajstić information content (AvgIpc) is 2.76. The third-order valence-electron chi connectivity index (χ3n) is 2.66. The molecular weight excluding hydrogens is 184 g/mol. The van der Waals surface area contributed by atoms with Gasteiger partial charge in [0.25, 0.3) is 0 Å². The van der Waals surface area contributed by atoms with E-state index in [2.05, 4.69) is 5.43 Å². The zero-order valence-corrected chi connectivity index (χ0v) is 8.48. The van der Waals surface area contributed by atoms with Crippen LogP contribution in [0.15, 0.2) is 11.8 Å². The van der Waals surface area contributed by atoms with Crippen molar-refractivity contribution < 1.29 is 4.74 Å². The molecule has 0 spiro atoms. The Morgan fingerprint density at radius 3 is 3.15 bits per heavy atom. The summed E-state index contributed by atoms with van der Waals surface area (Å²) in [6.45, 7) is 0.824. The van der Waals surface area contributed by atoms with E-state index in [9.17, 15) is 0 Å². The average molecular weight is 200 g/mol. The number of ether oxygens (including phenoxy) is 1. The number of hydrazine groups is 1. The van der Waals surface area contributed by atoms with Crippen LogP contribution < -0.4 is 11.3 Å². The van der Waals surface area contributed by atoms with Crippen LogP contribution in [0.25, 0.3) is 0 Å². The summed E-state index contributed by atoms with van der Waals surface area (Å²) in [5, 5.41) is 0.651. The summed E-state index contributed by atoms with van der Waals surface area (Å²) in [4.78, 5) is 0. The lowest BCUT2D eigenvalue weighted by atomic mass is 10.0. The van der Waals surface area contributed by atoms with Crippen molar-refractivity contribution in [2.75, 3.05) is 12.4 Å². The van der Waals surface area contributed by atoms with Crippen molar-refractivity contribution in [3.05, 3.63) is 11.8 Å². The van der Waals surface area contributed by atoms with Crippen molar-refractivity contribution in [3.63, 3.8) is 0 Å². The molecule has 1 fully saturated rings. The molecule has 0 radical (unpaired) electrons. The van der Waals surface area contributed by atoms with Crippen molar-refractivity contribution in [1.29, 1.82) is 0 Å². The van der Waals surface area contributed by atoms with Crippen LogP contribution in [0.2, 0.25) is 0 Å². The van der Waals surface area contributed by atoms with E-state index in [-0.39, 0.29) is 0 Å². The Morgan fingerprint density at radius 1 is 1.69 bits per heavy atom. The SMILES string of the molecule is NNC(C1=COCC1)C1CCCS1. The lowest BCUT2D eigenvalue weighted by molar-refractivity contribution is 0.281. The number of nitrogens with two attached hydrogens (primary N) is 1. The highest BCUT2D eigenvalue weighted by molar-refractivity contribution is 8.00. The maximum Gasteiger partial charge on any atom is 0.0912 e. The molecule has 1 saturated heterocycles. The summed E-state index contributed by atoms with van der Waals surface area (Å²) in [6.07, 6.45) is 5.51. The Kier molecular flexibility index (Phi) is 3.14. The molecular formula is C9H16N2OS. The van der Waals surface area contributed by atoms with Gasteiger partial charge in [-0.05, 0) is 24.2 Å². The number of thioether (sulfide) groups is 1. The van der Waals surface area contributed by atoms with Crippen molar-refractivity contribution in [2.24, 2.45) is 5.84 Å². The number of rotatable bonds is 3. The van der Waals surface area contributed by atoms with E-state index in [1.54, 1.807) is 0 Å². The minimum Gasteiger partial charge on any atom is -0.501 e. The van der Waals surface area contributed by atoms with Gasteiger partial charge in [0.05, 0.1) is 18.9 Å². The fraction of sp³-hybridized carbons (Fsp3) is 0.778. The number of nitrogens with one attached hydrogen (secondary N) is 1. The summed E-state index contributed by atoms with van der Waals surface area (Å²) >= 11 is 2.02. The Morgan fingerprint density at radius 2 is 2.62 bits per heavy atom. The Hall–Kier alpha value is -0.190. The molecule has 2 atom stereocenters. The van der Waals surface area contributed by atoms with Gasteiger partial charge < -0.3 is 4.74 Å². The molecule has 2 aliphatic heterocycles. The molecule has 3 N–H and O–H groups in total. The normalized spacial score (nSPS) is 29.9. The molecule has 0 bridgehead atoms. The van der Waals surface area contributed by atoms with E-state index in [4.69, 9.17) is 10.6 Å². The van der Waals surface area contributed by atoms with Gasteiger partial charge in [0.1, 0.15) is 0 Å². The van der Waals surface area contributed by atoms with E-state index in [0.29, 0.717) is 11.3 Å². The highest BCUT2D eigenvalue weighted by Crippen LogP contribution is 2.32. The van der Waals surface area contributed by atoms with Gasteiger partial charge >= 0.3 is 0 Å². The lowest BCUT2D eigenvalue weighted by Crippen LogP contribution is -2.42. The molecule has 3 nitrogen and oxygen atoms in total. The molecule has 13 heavy (non-hydrogen) atoms. The monoisotopic (exact) mass is 200 g/mol. The Bertz CT molecular complexity index is 202. The molecule has 0 aliphatic carbocycles. The summed E-state index contributed by atoms with van der Waals surface area (Å²) in [5.41, 5.74) is 4.25. The quantitative estimate of drug-likeness (QED) is 0.527. The van der Waals surface area contributed by atoms with Crippen LogP contribution in [0.5, 0.6) is 0 Å². The molecule has 0 aromatic heterocycles. The smallest absolute Gasteiger partial charge is 0.0912 e. The van der Waals surface area contributed by atoms with Crippen molar-refractivity contribution in [2.45, 2.75) is 30.6 Å². The first kappa shape index (κ1) is 9.37. The van der Waals surface area contributed by atoms with Crippen molar-refractivity contribution >= 4 is 11.8 Å². The van der Waals surface area contributed by atoms with Gasteiger partial charge in [-0.15, -0.1) is 0 Å². The second kappa shape index (κ2) is 4.35. The van der Waals surface area contributed by atoms with Crippen LogP contribution in [-0.4, -0.2) is 23.7 Å². The molecule has 0 aromatic carbocycles. The van der Waals surface area contributed by atoms with Crippen LogP contribution in [0.3, 0.4) is 0 Å². The molecule has 2 heterocycles. The van der Waals surface area contributed by atoms with Crippen molar-refractivity contribution in [3.8, 4) is 0 Å². The van der Waals surface area contributed by atoms with Crippen LogP contribution >= 0.6 is 11.8 Å². The van der Waals surface area contributed by atoms with Gasteiger partial charge in [0.2, 0.25) is 0 Å². The van der Waals surface area contributed by atoms with Gasteiger partial charge in [-0.1, -0.05) is 0 Å². The first-order valence-electron chi connectivity index (χ1n) is 4.80. The summed E-state index contributed by atoms with van der Waals surface area (Å²) in [5.74, 6) is 6.85. The highest BCUT2D eigenvalue weighted by atomic mass is 32.2. The van der Waals surface area contributed by atoms with E-state index in [1.807, 2.05) is 18.0 Å². The molecule has 0 amide bonds. The van der Waals surface area contributed by atoms with Gasteiger partial charge in [-0.3, -0.25) is 11.3 Å². The maximum absolute atomic E-state index is 5.57. The predicted octanol–water partition coefficient (Wildman–Crippen LogP) is 1.02. The van der Waals surface area contributed by atoms with Crippen LogP contribution in [-0.2, 0) is 4.74 Å². The lowest BCUT2D eigenvalue weighted by Gasteiger charge is -2.22. The predicted molar refractivity (Wildman–Crippen MR) is 55.2 cm³/mol. The first-order chi connectivity index (χ1) is 6.42. The second-order valence-corrected chi connectivity index (χ2v) is 4.86. The van der Waals surface area contributed by atoms with Gasteiger partial charge in [0.15, 0.2) is 0 Å². The molecule has 2 unspecified atom stereocenters. The van der Waals surface area contributed by atoms with Crippen molar-refractivity contribution in [1.82, 2.24) is 5.43 Å². The largest absolute Gasteiger partial charge is 0.501 e. The van der Waals surface area contributed by atoms with Crippen LogP contribution in [0.4, 0.5) is 0 Å². The van der Waals surface area contributed by atoms with Gasteiger partial charge in [-0.25, -0.2) is 0 Å². The van der Waals surface area contributed by atoms with Crippen LogP contribution in [0, 0.1) is 0 Å². The van der Waals surface area contributed by atoms with E-state index < -0.39 is 0 Å². The molecule has 0 saturated carbocycles. The number of hydrogen-bond donors (Lipinski definition) is 2. The van der Waals surface area contributed by atoms with Gasteiger partial charge in [-0.2, -0.15) is 11.8 Å². The fourth-order valence-electron chi connectivity index (χ4n) is 1.95. The standard InChI is InChI=1S/C9H16N2OS/c10-11-9(7-3-4-12-6-7)8-2-1-5-13-8/h6,8-9,11H,1-5,10H2. The molecule has 2 aliphatic rings. The summed E-state index contributed by atoms with van der Waals surface area (Å²) < 4.78 is 5.23. The van der Waals surface area contributed by atoms with E-state index >= 15 is 0 Å². The minimum atomic E-state index is 0.329. The maximum atomic E-state index is 5.57. The van der Waals surface area contributed by atoms with E-state index in [1.165, 1.54) is 24.2 Å². The molecule has 74 valence electrons. The zero-order valence-electron chi connectivity index (χ0n) is 7.66. The summed E-state index contributed by atoms with van der Waals surface area (Å²) in [6, 6.07) is 0.329. The van der Waals surface area contributed by atoms with Crippen LogP contribution in [0.1, 0.15) is 19.3 Å². The zero-order chi connectivity index (χ0) is 9.10. The molecule has 4 heteroatoms. The first-order valence-corrected chi connectivity index (χ1v) is 5.85. The fourth-order valence-corrected chi connectivity index (χ4v) is 3.36. The Balaban J connectivity index is 1.98. The van der Waals surface area contributed by atoms with E-state index in [0.717, 1.165) is 13.0 Å². The summed E-state index contributed by atoms with van der Waals surface area (Å²) in [7, 11) is 0. The topological polar surface area (TPSA) is 47.3 Å². The minimum absolute atomic E-state index is 0.329. The van der Waals surface area contributed by atoms with Gasteiger partial charge in [0, 0.05) is 11.7 Å². The third kappa shape index (κ3) is 2.00. The third-order valence-corrected chi connectivity index (χ3v) is 4.12. The number of hydrogen-bond acceptors (Lipinski definition) is 4.